The van der Waals surface area contributed by atoms with Gasteiger partial charge in [0.2, 0.25) is 10.0 Å². The fourth-order valence-electron chi connectivity index (χ4n) is 1.74. The first kappa shape index (κ1) is 16.1. The van der Waals surface area contributed by atoms with Gasteiger partial charge in [0.25, 0.3) is 0 Å². The topological polar surface area (TPSA) is 71.1 Å². The summed E-state index contributed by atoms with van der Waals surface area (Å²) in [6, 6.07) is 7.13. The highest BCUT2D eigenvalue weighted by molar-refractivity contribution is 7.91. The maximum Gasteiger partial charge on any atom is 0.250 e. The normalized spacial score (nSPS) is 11.7. The van der Waals surface area contributed by atoms with Gasteiger partial charge in [0.1, 0.15) is 4.21 Å². The molecular weight excluding hydrogens is 306 g/mol. The van der Waals surface area contributed by atoms with Crippen LogP contribution in [0, 0.1) is 0 Å². The summed E-state index contributed by atoms with van der Waals surface area (Å²) in [4.78, 5) is 4.98. The molecule has 5 nitrogen and oxygen atoms in total. The van der Waals surface area contributed by atoms with Gasteiger partial charge in [0, 0.05) is 30.4 Å². The van der Waals surface area contributed by atoms with E-state index in [2.05, 4.69) is 21.9 Å². The zero-order valence-corrected chi connectivity index (χ0v) is 13.5. The monoisotopic (exact) mass is 325 g/mol. The van der Waals surface area contributed by atoms with E-state index in [0.717, 1.165) is 23.4 Å². The summed E-state index contributed by atoms with van der Waals surface area (Å²) in [5.74, 6) is 0. The van der Waals surface area contributed by atoms with Crippen molar-refractivity contribution in [3.63, 3.8) is 0 Å². The molecule has 21 heavy (non-hydrogen) atoms. The van der Waals surface area contributed by atoms with Crippen molar-refractivity contribution in [2.24, 2.45) is 0 Å². The van der Waals surface area contributed by atoms with E-state index in [1.807, 2.05) is 12.1 Å². The molecule has 7 heteroatoms. The second-order valence-electron chi connectivity index (χ2n) is 4.58. The van der Waals surface area contributed by atoms with Crippen molar-refractivity contribution in [1.29, 1.82) is 0 Å². The predicted octanol–water partition coefficient (Wildman–Crippen LogP) is 2.12. The summed E-state index contributed by atoms with van der Waals surface area (Å²) in [5.41, 5.74) is 0.836. The molecule has 0 saturated heterocycles. The number of hydrogen-bond donors (Lipinski definition) is 2. The van der Waals surface area contributed by atoms with Crippen LogP contribution in [-0.2, 0) is 23.1 Å². The minimum atomic E-state index is -3.46. The van der Waals surface area contributed by atoms with Crippen LogP contribution in [0.25, 0.3) is 0 Å². The summed E-state index contributed by atoms with van der Waals surface area (Å²) in [6.07, 6.45) is 4.37. The minimum Gasteiger partial charge on any atom is -0.312 e. The SMILES string of the molecule is CCCNCc1ccc(S(=O)(=O)NCc2cccnc2)s1. The van der Waals surface area contributed by atoms with E-state index in [1.165, 1.54) is 11.3 Å². The highest BCUT2D eigenvalue weighted by Gasteiger charge is 2.16. The summed E-state index contributed by atoms with van der Waals surface area (Å²) in [5, 5.41) is 3.26. The number of aromatic nitrogens is 1. The Labute approximate surface area is 129 Å². The van der Waals surface area contributed by atoms with Crippen molar-refractivity contribution in [1.82, 2.24) is 15.0 Å². The molecule has 0 aromatic carbocycles. The number of nitrogens with one attached hydrogen (secondary N) is 2. The van der Waals surface area contributed by atoms with E-state index >= 15 is 0 Å². The van der Waals surface area contributed by atoms with Crippen LogP contribution in [0.5, 0.6) is 0 Å². The van der Waals surface area contributed by atoms with Crippen molar-refractivity contribution < 1.29 is 8.42 Å². The molecule has 0 radical (unpaired) electrons. The molecule has 0 spiro atoms. The number of rotatable bonds is 8. The maximum atomic E-state index is 12.2. The molecular formula is C14H19N3O2S2. The van der Waals surface area contributed by atoms with Crippen molar-refractivity contribution >= 4 is 21.4 Å². The molecule has 0 amide bonds. The van der Waals surface area contributed by atoms with Crippen LogP contribution in [0.4, 0.5) is 0 Å². The Bertz CT molecular complexity index is 654. The zero-order valence-electron chi connectivity index (χ0n) is 11.9. The summed E-state index contributed by atoms with van der Waals surface area (Å²) >= 11 is 1.30. The molecule has 0 bridgehead atoms. The van der Waals surface area contributed by atoms with E-state index in [9.17, 15) is 8.42 Å². The Morgan fingerprint density at radius 2 is 2.10 bits per heavy atom. The molecule has 0 atom stereocenters. The average Bonchev–Trinajstić information content (AvgIpc) is 2.96. The minimum absolute atomic E-state index is 0.248. The van der Waals surface area contributed by atoms with E-state index in [1.54, 1.807) is 24.5 Å². The quantitative estimate of drug-likeness (QED) is 0.729. The van der Waals surface area contributed by atoms with Crippen molar-refractivity contribution in [3.05, 3.63) is 47.1 Å². The fourth-order valence-corrected chi connectivity index (χ4v) is 4.13. The van der Waals surface area contributed by atoms with Gasteiger partial charge in [-0.1, -0.05) is 13.0 Å². The van der Waals surface area contributed by atoms with Crippen molar-refractivity contribution in [2.45, 2.75) is 30.6 Å². The molecule has 114 valence electrons. The first-order chi connectivity index (χ1) is 10.1. The van der Waals surface area contributed by atoms with E-state index < -0.39 is 10.0 Å². The number of thiophene rings is 1. The number of sulfonamides is 1. The third-order valence-electron chi connectivity index (χ3n) is 2.82. The molecule has 2 aromatic heterocycles. The molecule has 0 unspecified atom stereocenters. The second kappa shape index (κ2) is 7.65. The Morgan fingerprint density at radius 3 is 2.81 bits per heavy atom. The second-order valence-corrected chi connectivity index (χ2v) is 7.75. The van der Waals surface area contributed by atoms with Gasteiger partial charge in [-0.15, -0.1) is 11.3 Å². The standard InChI is InChI=1S/C14H19N3O2S2/c1-2-7-15-11-13-5-6-14(20-13)21(18,19)17-10-12-4-3-8-16-9-12/h3-6,8-9,15,17H,2,7,10-11H2,1H3. The Kier molecular flexibility index (Phi) is 5.86. The van der Waals surface area contributed by atoms with Crippen LogP contribution < -0.4 is 10.0 Å². The molecule has 0 saturated carbocycles. The Hall–Kier alpha value is -1.28. The molecule has 0 aliphatic carbocycles. The van der Waals surface area contributed by atoms with Crippen molar-refractivity contribution in [3.8, 4) is 0 Å². The van der Waals surface area contributed by atoms with E-state index in [-0.39, 0.29) is 6.54 Å². The molecule has 2 heterocycles. The van der Waals surface area contributed by atoms with Gasteiger partial charge in [-0.25, -0.2) is 13.1 Å². The summed E-state index contributed by atoms with van der Waals surface area (Å²) in [7, 11) is -3.46. The molecule has 2 rings (SSSR count). The largest absolute Gasteiger partial charge is 0.312 e. The van der Waals surface area contributed by atoms with Gasteiger partial charge in [0.15, 0.2) is 0 Å². The third-order valence-corrected chi connectivity index (χ3v) is 5.80. The number of nitrogens with zero attached hydrogens (tertiary/aromatic N) is 1. The van der Waals surface area contributed by atoms with Gasteiger partial charge in [-0.05, 0) is 36.7 Å². The Morgan fingerprint density at radius 1 is 1.24 bits per heavy atom. The lowest BCUT2D eigenvalue weighted by atomic mass is 10.3. The first-order valence-corrected chi connectivity index (χ1v) is 9.10. The average molecular weight is 325 g/mol. The van der Waals surface area contributed by atoms with Gasteiger partial charge < -0.3 is 5.32 Å². The van der Waals surface area contributed by atoms with Crippen LogP contribution in [0.15, 0.2) is 40.9 Å². The molecule has 0 aliphatic rings. The van der Waals surface area contributed by atoms with Crippen LogP contribution in [0.2, 0.25) is 0 Å². The number of hydrogen-bond acceptors (Lipinski definition) is 5. The zero-order chi connectivity index (χ0) is 15.1. The predicted molar refractivity (Wildman–Crippen MR) is 84.6 cm³/mol. The highest BCUT2D eigenvalue weighted by Crippen LogP contribution is 2.21. The molecule has 0 aliphatic heterocycles. The van der Waals surface area contributed by atoms with Crippen LogP contribution >= 0.6 is 11.3 Å². The fraction of sp³-hybridized carbons (Fsp3) is 0.357. The lowest BCUT2D eigenvalue weighted by Gasteiger charge is -2.04. The van der Waals surface area contributed by atoms with Crippen molar-refractivity contribution in [2.75, 3.05) is 6.54 Å². The van der Waals surface area contributed by atoms with E-state index in [0.29, 0.717) is 10.8 Å². The third kappa shape index (κ3) is 4.89. The van der Waals surface area contributed by atoms with Crippen LogP contribution in [0.3, 0.4) is 0 Å². The smallest absolute Gasteiger partial charge is 0.250 e. The molecule has 0 fully saturated rings. The molecule has 2 aromatic rings. The Balaban J connectivity index is 1.96. The first-order valence-electron chi connectivity index (χ1n) is 6.80. The molecule has 2 N–H and O–H groups in total. The van der Waals surface area contributed by atoms with Gasteiger partial charge >= 0.3 is 0 Å². The summed E-state index contributed by atoms with van der Waals surface area (Å²) in [6.45, 7) is 3.98. The van der Waals surface area contributed by atoms with Gasteiger partial charge in [0.05, 0.1) is 0 Å². The van der Waals surface area contributed by atoms with Gasteiger partial charge in [-0.2, -0.15) is 0 Å². The lowest BCUT2D eigenvalue weighted by Crippen LogP contribution is -2.22. The highest BCUT2D eigenvalue weighted by atomic mass is 32.2. The maximum absolute atomic E-state index is 12.2. The van der Waals surface area contributed by atoms with Gasteiger partial charge in [-0.3, -0.25) is 4.98 Å². The van der Waals surface area contributed by atoms with E-state index in [4.69, 9.17) is 0 Å². The van der Waals surface area contributed by atoms with Crippen LogP contribution in [0.1, 0.15) is 23.8 Å². The van der Waals surface area contributed by atoms with Crippen LogP contribution in [-0.4, -0.2) is 19.9 Å². The summed E-state index contributed by atoms with van der Waals surface area (Å²) < 4.78 is 27.4. The number of pyridine rings is 1. The lowest BCUT2D eigenvalue weighted by molar-refractivity contribution is 0.583.